The van der Waals surface area contributed by atoms with Gasteiger partial charge in [0.15, 0.2) is 5.58 Å². The van der Waals surface area contributed by atoms with Crippen LogP contribution >= 0.6 is 11.3 Å². The highest BCUT2D eigenvalue weighted by Gasteiger charge is 2.09. The molecule has 0 unspecified atom stereocenters. The van der Waals surface area contributed by atoms with Crippen LogP contribution in [0.1, 0.15) is 10.7 Å². The van der Waals surface area contributed by atoms with Crippen LogP contribution in [0.2, 0.25) is 0 Å². The van der Waals surface area contributed by atoms with E-state index in [1.54, 1.807) is 11.3 Å². The summed E-state index contributed by atoms with van der Waals surface area (Å²) in [6.45, 7) is 1.93. The molecule has 2 aromatic carbocycles. The lowest BCUT2D eigenvalue weighted by atomic mass is 10.2. The summed E-state index contributed by atoms with van der Waals surface area (Å²) in [4.78, 5) is 20.9. The number of hydrogen-bond acceptors (Lipinski definition) is 5. The number of fused-ring (bicyclic) bond motifs is 1. The molecular weight excluding hydrogens is 334 g/mol. The highest BCUT2D eigenvalue weighted by molar-refractivity contribution is 7.09. The molecule has 0 aliphatic carbocycles. The van der Waals surface area contributed by atoms with Crippen LogP contribution in [-0.2, 0) is 11.2 Å². The third kappa shape index (κ3) is 3.44. The molecule has 0 saturated carbocycles. The van der Waals surface area contributed by atoms with E-state index in [1.165, 1.54) is 0 Å². The second-order valence-electron chi connectivity index (χ2n) is 5.65. The van der Waals surface area contributed by atoms with E-state index in [0.29, 0.717) is 5.89 Å². The number of hydrogen-bond donors (Lipinski definition) is 1. The van der Waals surface area contributed by atoms with Gasteiger partial charge in [0, 0.05) is 16.6 Å². The predicted octanol–water partition coefficient (Wildman–Crippen LogP) is 4.44. The lowest BCUT2D eigenvalue weighted by Gasteiger charge is -2.04. The van der Waals surface area contributed by atoms with Gasteiger partial charge in [0.05, 0.1) is 17.1 Å². The van der Waals surface area contributed by atoms with Crippen LogP contribution in [0.3, 0.4) is 0 Å². The molecule has 1 amide bonds. The van der Waals surface area contributed by atoms with E-state index in [1.807, 2.05) is 60.8 Å². The Labute approximate surface area is 148 Å². The van der Waals surface area contributed by atoms with Crippen molar-refractivity contribution in [2.24, 2.45) is 0 Å². The molecular formula is C19H15N3O2S. The zero-order valence-electron chi connectivity index (χ0n) is 13.5. The zero-order valence-corrected chi connectivity index (χ0v) is 14.3. The molecule has 0 saturated heterocycles. The maximum absolute atomic E-state index is 12.1. The highest BCUT2D eigenvalue weighted by atomic mass is 32.1. The number of aromatic nitrogens is 2. The second-order valence-corrected chi connectivity index (χ2v) is 6.71. The molecule has 0 bridgehead atoms. The molecule has 124 valence electrons. The van der Waals surface area contributed by atoms with Crippen LogP contribution in [0.4, 0.5) is 5.69 Å². The summed E-state index contributed by atoms with van der Waals surface area (Å²) in [6.07, 6.45) is 0.275. The van der Waals surface area contributed by atoms with E-state index in [-0.39, 0.29) is 12.3 Å². The highest BCUT2D eigenvalue weighted by Crippen LogP contribution is 2.25. The first kappa shape index (κ1) is 15.5. The van der Waals surface area contributed by atoms with Crippen molar-refractivity contribution in [2.45, 2.75) is 13.3 Å². The van der Waals surface area contributed by atoms with E-state index in [2.05, 4.69) is 15.3 Å². The lowest BCUT2D eigenvalue weighted by molar-refractivity contribution is -0.115. The summed E-state index contributed by atoms with van der Waals surface area (Å²) in [6, 6.07) is 15.1. The van der Waals surface area contributed by atoms with Gasteiger partial charge in [-0.05, 0) is 43.3 Å². The molecule has 5 nitrogen and oxygen atoms in total. The number of anilines is 1. The maximum atomic E-state index is 12.1. The minimum atomic E-state index is -0.0834. The zero-order chi connectivity index (χ0) is 17.2. The van der Waals surface area contributed by atoms with Crippen molar-refractivity contribution in [3.8, 4) is 11.5 Å². The molecule has 0 fully saturated rings. The molecule has 0 aliphatic heterocycles. The number of nitrogens with one attached hydrogen (secondary N) is 1. The Morgan fingerprint density at radius 2 is 1.92 bits per heavy atom. The number of para-hydroxylation sites is 2. The monoisotopic (exact) mass is 349 g/mol. The first-order valence-corrected chi connectivity index (χ1v) is 8.72. The fourth-order valence-corrected chi connectivity index (χ4v) is 3.16. The quantitative estimate of drug-likeness (QED) is 0.591. The molecule has 4 rings (SSSR count). The number of nitrogens with zero attached hydrogens (tertiary/aromatic N) is 2. The van der Waals surface area contributed by atoms with Crippen molar-refractivity contribution >= 4 is 34.0 Å². The summed E-state index contributed by atoms with van der Waals surface area (Å²) in [5.74, 6) is 0.483. The molecule has 0 radical (unpaired) electrons. The summed E-state index contributed by atoms with van der Waals surface area (Å²) < 4.78 is 5.75. The predicted molar refractivity (Wildman–Crippen MR) is 98.6 cm³/mol. The van der Waals surface area contributed by atoms with E-state index in [0.717, 1.165) is 33.1 Å². The largest absolute Gasteiger partial charge is 0.436 e. The van der Waals surface area contributed by atoms with Crippen LogP contribution in [0.5, 0.6) is 0 Å². The van der Waals surface area contributed by atoms with Crippen LogP contribution in [-0.4, -0.2) is 15.9 Å². The Kier molecular flexibility index (Phi) is 4.03. The number of amides is 1. The molecule has 0 spiro atoms. The summed E-state index contributed by atoms with van der Waals surface area (Å²) in [5.41, 5.74) is 3.98. The van der Waals surface area contributed by atoms with Crippen LogP contribution in [0.25, 0.3) is 22.6 Å². The molecule has 6 heteroatoms. The minimum Gasteiger partial charge on any atom is -0.436 e. The fraction of sp³-hybridized carbons (Fsp3) is 0.105. The smallest absolute Gasteiger partial charge is 0.230 e. The van der Waals surface area contributed by atoms with E-state index >= 15 is 0 Å². The Balaban J connectivity index is 1.47. The van der Waals surface area contributed by atoms with Crippen molar-refractivity contribution in [2.75, 3.05) is 5.32 Å². The van der Waals surface area contributed by atoms with Crippen molar-refractivity contribution in [1.82, 2.24) is 9.97 Å². The molecule has 1 N–H and O–H groups in total. The lowest BCUT2D eigenvalue weighted by Crippen LogP contribution is -2.14. The van der Waals surface area contributed by atoms with E-state index in [9.17, 15) is 4.79 Å². The van der Waals surface area contributed by atoms with Crippen molar-refractivity contribution < 1.29 is 9.21 Å². The van der Waals surface area contributed by atoms with Gasteiger partial charge in [0.2, 0.25) is 11.8 Å². The Bertz CT molecular complexity index is 1000. The summed E-state index contributed by atoms with van der Waals surface area (Å²) in [7, 11) is 0. The summed E-state index contributed by atoms with van der Waals surface area (Å²) >= 11 is 1.55. The first-order chi connectivity index (χ1) is 12.2. The number of carbonyl (C=O) groups is 1. The standard InChI is InChI=1S/C19H15N3O2S/c1-12-20-15(11-25-12)10-18(23)21-14-8-6-13(7-9-14)19-22-16-4-2-3-5-17(16)24-19/h2-9,11H,10H2,1H3,(H,21,23). The van der Waals surface area contributed by atoms with Gasteiger partial charge in [-0.15, -0.1) is 11.3 Å². The number of carbonyl (C=O) groups excluding carboxylic acids is 1. The van der Waals surface area contributed by atoms with Crippen LogP contribution < -0.4 is 5.32 Å². The van der Waals surface area contributed by atoms with Crippen molar-refractivity contribution in [3.05, 3.63) is 64.6 Å². The Morgan fingerprint density at radius 1 is 1.12 bits per heavy atom. The number of thiazole rings is 1. The van der Waals surface area contributed by atoms with Gasteiger partial charge in [0.25, 0.3) is 0 Å². The molecule has 0 aliphatic rings. The average molecular weight is 349 g/mol. The SMILES string of the molecule is Cc1nc(CC(=O)Nc2ccc(-c3nc4ccccc4o3)cc2)cs1. The molecule has 25 heavy (non-hydrogen) atoms. The molecule has 2 heterocycles. The van der Waals surface area contributed by atoms with Gasteiger partial charge >= 0.3 is 0 Å². The van der Waals surface area contributed by atoms with Gasteiger partial charge in [-0.2, -0.15) is 0 Å². The number of benzene rings is 2. The molecule has 0 atom stereocenters. The Hall–Kier alpha value is -2.99. The van der Waals surface area contributed by atoms with Gasteiger partial charge in [-0.25, -0.2) is 9.97 Å². The molecule has 4 aromatic rings. The Morgan fingerprint density at radius 3 is 2.64 bits per heavy atom. The van der Waals surface area contributed by atoms with Crippen molar-refractivity contribution in [3.63, 3.8) is 0 Å². The van der Waals surface area contributed by atoms with Gasteiger partial charge in [-0.1, -0.05) is 12.1 Å². The maximum Gasteiger partial charge on any atom is 0.230 e. The fourth-order valence-electron chi connectivity index (χ4n) is 2.55. The van der Waals surface area contributed by atoms with E-state index < -0.39 is 0 Å². The summed E-state index contributed by atoms with van der Waals surface area (Å²) in [5, 5.41) is 5.75. The second kappa shape index (κ2) is 6.49. The van der Waals surface area contributed by atoms with Crippen LogP contribution in [0.15, 0.2) is 58.3 Å². The van der Waals surface area contributed by atoms with Gasteiger partial charge in [0.1, 0.15) is 5.52 Å². The van der Waals surface area contributed by atoms with Gasteiger partial charge < -0.3 is 9.73 Å². The third-order valence-corrected chi connectivity index (χ3v) is 4.54. The van der Waals surface area contributed by atoms with Crippen LogP contribution in [0, 0.1) is 6.92 Å². The topological polar surface area (TPSA) is 68.0 Å². The molecule has 2 aromatic heterocycles. The van der Waals surface area contributed by atoms with E-state index in [4.69, 9.17) is 4.42 Å². The first-order valence-electron chi connectivity index (χ1n) is 7.84. The number of aryl methyl sites for hydroxylation is 1. The van der Waals surface area contributed by atoms with Gasteiger partial charge in [-0.3, -0.25) is 4.79 Å². The number of rotatable bonds is 4. The minimum absolute atomic E-state index is 0.0834. The number of oxazole rings is 1. The normalized spacial score (nSPS) is 10.9. The third-order valence-electron chi connectivity index (χ3n) is 3.72. The van der Waals surface area contributed by atoms with Crippen molar-refractivity contribution in [1.29, 1.82) is 0 Å². The average Bonchev–Trinajstić information content (AvgIpc) is 3.21.